The summed E-state index contributed by atoms with van der Waals surface area (Å²) in [6.07, 6.45) is 2.18. The zero-order valence-electron chi connectivity index (χ0n) is 13.3. The monoisotopic (exact) mass is 331 g/mol. The van der Waals surface area contributed by atoms with E-state index in [0.717, 1.165) is 17.7 Å². The van der Waals surface area contributed by atoms with Crippen molar-refractivity contribution in [2.24, 2.45) is 10.7 Å². The highest BCUT2D eigenvalue weighted by Crippen LogP contribution is 2.12. The number of hydrogen-bond acceptors (Lipinski definition) is 3. The number of nitrogens with two attached hydrogens (primary N) is 1. The molecule has 0 heterocycles. The molecule has 0 saturated carbocycles. The average molecular weight is 331 g/mol. The summed E-state index contributed by atoms with van der Waals surface area (Å²) in [5, 5.41) is 3.03. The van der Waals surface area contributed by atoms with Crippen molar-refractivity contribution in [3.8, 4) is 0 Å². The van der Waals surface area contributed by atoms with E-state index >= 15 is 0 Å². The van der Waals surface area contributed by atoms with E-state index in [4.69, 9.17) is 5.73 Å². The highest BCUT2D eigenvalue weighted by atomic mass is 32.2. The second-order valence-electron chi connectivity index (χ2n) is 5.29. The van der Waals surface area contributed by atoms with Crippen molar-refractivity contribution in [1.82, 2.24) is 0 Å². The maximum atomic E-state index is 11.4. The third-order valence-electron chi connectivity index (χ3n) is 3.42. The van der Waals surface area contributed by atoms with Gasteiger partial charge in [0.1, 0.15) is 0 Å². The molecule has 23 heavy (non-hydrogen) atoms. The van der Waals surface area contributed by atoms with Gasteiger partial charge in [0.25, 0.3) is 0 Å². The fourth-order valence-corrected chi connectivity index (χ4v) is 2.66. The molecule has 0 aliphatic carbocycles. The molecule has 0 aromatic heterocycles. The minimum atomic E-state index is -3.17. The second-order valence-corrected chi connectivity index (χ2v) is 7.31. The third-order valence-corrected chi connectivity index (χ3v) is 4.55. The lowest BCUT2D eigenvalue weighted by Crippen LogP contribution is -2.22. The fraction of sp³-hybridized carbons (Fsp3) is 0.235. The van der Waals surface area contributed by atoms with Gasteiger partial charge in [-0.05, 0) is 41.8 Å². The van der Waals surface area contributed by atoms with Gasteiger partial charge in [-0.15, -0.1) is 0 Å². The molecule has 0 atom stereocenters. The maximum Gasteiger partial charge on any atom is 0.193 e. The van der Waals surface area contributed by atoms with Crippen molar-refractivity contribution >= 4 is 21.5 Å². The van der Waals surface area contributed by atoms with Crippen molar-refractivity contribution in [2.45, 2.75) is 24.8 Å². The van der Waals surface area contributed by atoms with E-state index in [-0.39, 0.29) is 0 Å². The lowest BCUT2D eigenvalue weighted by Gasteiger charge is -2.07. The van der Waals surface area contributed by atoms with Crippen LogP contribution in [0, 0.1) is 0 Å². The number of benzene rings is 2. The van der Waals surface area contributed by atoms with Crippen molar-refractivity contribution in [1.29, 1.82) is 0 Å². The quantitative estimate of drug-likeness (QED) is 0.651. The van der Waals surface area contributed by atoms with Gasteiger partial charge in [-0.2, -0.15) is 0 Å². The van der Waals surface area contributed by atoms with Gasteiger partial charge in [0.2, 0.25) is 0 Å². The van der Waals surface area contributed by atoms with Crippen LogP contribution in [0.4, 0.5) is 5.69 Å². The van der Waals surface area contributed by atoms with Gasteiger partial charge < -0.3 is 11.1 Å². The van der Waals surface area contributed by atoms with E-state index in [1.54, 1.807) is 24.3 Å². The molecule has 0 aliphatic rings. The standard InChI is InChI=1S/C17H21N3O2S/c1-3-13-4-8-15(9-5-13)20-17(18)19-12-14-6-10-16(11-7-14)23(2,21)22/h4-11H,3,12H2,1-2H3,(H3,18,19,20). The van der Waals surface area contributed by atoms with Gasteiger partial charge in [0.15, 0.2) is 15.8 Å². The number of aliphatic imine (C=N–C) groups is 1. The molecule has 0 radical (unpaired) electrons. The Morgan fingerprint density at radius 1 is 1.04 bits per heavy atom. The molecule has 0 bridgehead atoms. The molecule has 2 aromatic rings. The van der Waals surface area contributed by atoms with Crippen LogP contribution in [0.25, 0.3) is 0 Å². The molecule has 0 spiro atoms. The summed E-state index contributed by atoms with van der Waals surface area (Å²) < 4.78 is 22.8. The number of sulfone groups is 1. The Labute approximate surface area is 137 Å². The Bertz CT molecular complexity index is 780. The molecule has 0 fully saturated rings. The highest BCUT2D eigenvalue weighted by Gasteiger charge is 2.05. The summed E-state index contributed by atoms with van der Waals surface area (Å²) in [6.45, 7) is 2.49. The summed E-state index contributed by atoms with van der Waals surface area (Å²) in [4.78, 5) is 4.56. The van der Waals surface area contributed by atoms with Gasteiger partial charge in [0, 0.05) is 11.9 Å². The number of guanidine groups is 1. The Morgan fingerprint density at radius 2 is 1.61 bits per heavy atom. The van der Waals surface area contributed by atoms with Gasteiger partial charge in [0.05, 0.1) is 11.4 Å². The number of rotatable bonds is 5. The molecule has 0 saturated heterocycles. The molecule has 0 amide bonds. The minimum absolute atomic E-state index is 0.298. The smallest absolute Gasteiger partial charge is 0.193 e. The highest BCUT2D eigenvalue weighted by molar-refractivity contribution is 7.90. The van der Waals surface area contributed by atoms with Crippen LogP contribution in [-0.4, -0.2) is 20.6 Å². The number of aryl methyl sites for hydroxylation is 1. The van der Waals surface area contributed by atoms with Crippen LogP contribution in [0.15, 0.2) is 58.4 Å². The maximum absolute atomic E-state index is 11.4. The predicted octanol–water partition coefficient (Wildman–Crippen LogP) is 2.58. The normalized spacial score (nSPS) is 12.2. The molecule has 3 N–H and O–H groups in total. The predicted molar refractivity (Wildman–Crippen MR) is 94.3 cm³/mol. The molecule has 2 aromatic carbocycles. The largest absolute Gasteiger partial charge is 0.370 e. The van der Waals surface area contributed by atoms with Crippen LogP contribution in [-0.2, 0) is 22.8 Å². The molecule has 122 valence electrons. The first-order chi connectivity index (χ1) is 10.9. The zero-order valence-corrected chi connectivity index (χ0v) is 14.1. The topological polar surface area (TPSA) is 84.5 Å². The Morgan fingerprint density at radius 3 is 2.13 bits per heavy atom. The van der Waals surface area contributed by atoms with Crippen LogP contribution in [0.5, 0.6) is 0 Å². The summed E-state index contributed by atoms with van der Waals surface area (Å²) in [6, 6.07) is 14.6. The number of anilines is 1. The van der Waals surface area contributed by atoms with Crippen LogP contribution >= 0.6 is 0 Å². The van der Waals surface area contributed by atoms with E-state index < -0.39 is 9.84 Å². The first-order valence-corrected chi connectivity index (χ1v) is 9.22. The second kappa shape index (κ2) is 7.28. The SMILES string of the molecule is CCc1ccc(NC(N)=NCc2ccc(S(C)(=O)=O)cc2)cc1. The van der Waals surface area contributed by atoms with Crippen LogP contribution in [0.3, 0.4) is 0 Å². The Balaban J connectivity index is 1.98. The van der Waals surface area contributed by atoms with Gasteiger partial charge in [-0.1, -0.05) is 31.2 Å². The fourth-order valence-electron chi connectivity index (χ4n) is 2.03. The van der Waals surface area contributed by atoms with E-state index in [0.29, 0.717) is 17.4 Å². The Kier molecular flexibility index (Phi) is 5.39. The zero-order chi connectivity index (χ0) is 16.9. The van der Waals surface area contributed by atoms with Gasteiger partial charge >= 0.3 is 0 Å². The van der Waals surface area contributed by atoms with Crippen molar-refractivity contribution in [2.75, 3.05) is 11.6 Å². The average Bonchev–Trinajstić information content (AvgIpc) is 2.53. The van der Waals surface area contributed by atoms with Crippen LogP contribution in [0.2, 0.25) is 0 Å². The summed E-state index contributed by atoms with van der Waals surface area (Å²) in [5.41, 5.74) is 8.90. The van der Waals surface area contributed by atoms with E-state index in [1.807, 2.05) is 24.3 Å². The van der Waals surface area contributed by atoms with E-state index in [9.17, 15) is 8.42 Å². The molecular formula is C17H21N3O2S. The van der Waals surface area contributed by atoms with E-state index in [2.05, 4.69) is 17.2 Å². The number of nitrogens with zero attached hydrogens (tertiary/aromatic N) is 1. The molecule has 5 nitrogen and oxygen atoms in total. The van der Waals surface area contributed by atoms with Crippen LogP contribution in [0.1, 0.15) is 18.1 Å². The van der Waals surface area contributed by atoms with Crippen molar-refractivity contribution in [3.63, 3.8) is 0 Å². The number of nitrogens with one attached hydrogen (secondary N) is 1. The number of hydrogen-bond donors (Lipinski definition) is 2. The first kappa shape index (κ1) is 17.0. The Hall–Kier alpha value is -2.34. The van der Waals surface area contributed by atoms with Crippen LogP contribution < -0.4 is 11.1 Å². The summed E-state index contributed by atoms with van der Waals surface area (Å²) in [7, 11) is -3.17. The molecule has 2 rings (SSSR count). The van der Waals surface area contributed by atoms with Crippen molar-refractivity contribution < 1.29 is 8.42 Å². The third kappa shape index (κ3) is 5.10. The lowest BCUT2D eigenvalue weighted by atomic mass is 10.1. The molecular weight excluding hydrogens is 310 g/mol. The lowest BCUT2D eigenvalue weighted by molar-refractivity contribution is 0.602. The molecule has 6 heteroatoms. The van der Waals surface area contributed by atoms with Gasteiger partial charge in [-0.25, -0.2) is 13.4 Å². The summed E-state index contributed by atoms with van der Waals surface area (Å²) in [5.74, 6) is 0.321. The van der Waals surface area contributed by atoms with Gasteiger partial charge in [-0.3, -0.25) is 0 Å². The van der Waals surface area contributed by atoms with E-state index in [1.165, 1.54) is 11.8 Å². The first-order valence-electron chi connectivity index (χ1n) is 7.33. The minimum Gasteiger partial charge on any atom is -0.370 e. The van der Waals surface area contributed by atoms with Crippen molar-refractivity contribution in [3.05, 3.63) is 59.7 Å². The summed E-state index contributed by atoms with van der Waals surface area (Å²) >= 11 is 0. The molecule has 0 aliphatic heterocycles. The molecule has 0 unspecified atom stereocenters.